The van der Waals surface area contributed by atoms with Crippen LogP contribution in [0, 0.1) is 5.92 Å². The molecule has 0 saturated carbocycles. The average Bonchev–Trinajstić information content (AvgIpc) is 2.51. The predicted molar refractivity (Wildman–Crippen MR) is 91.0 cm³/mol. The number of ether oxygens (including phenoxy) is 2. The third-order valence-corrected chi connectivity index (χ3v) is 4.16. The molecular formula is C17H21F3N2O5. The fourth-order valence-electron chi connectivity index (χ4n) is 2.42. The van der Waals surface area contributed by atoms with Crippen LogP contribution in [0.5, 0.6) is 5.75 Å². The summed E-state index contributed by atoms with van der Waals surface area (Å²) in [6.07, 6.45) is -6.31. The number of halogens is 3. The van der Waals surface area contributed by atoms with Crippen molar-refractivity contribution in [3.05, 3.63) is 18.2 Å². The minimum atomic E-state index is -4.70. The third kappa shape index (κ3) is 5.18. The van der Waals surface area contributed by atoms with Gasteiger partial charge in [-0.05, 0) is 32.0 Å². The number of rotatable bonds is 5. The molecule has 0 fully saturated rings. The van der Waals surface area contributed by atoms with E-state index in [4.69, 9.17) is 9.84 Å². The molecule has 1 aromatic carbocycles. The van der Waals surface area contributed by atoms with Crippen LogP contribution in [0.4, 0.5) is 29.3 Å². The first-order valence-corrected chi connectivity index (χ1v) is 8.22. The number of fused-ring (bicyclic) bond motifs is 1. The minimum Gasteiger partial charge on any atom is -0.486 e. The number of hydrogen-bond donors (Lipinski definition) is 3. The second-order valence-corrected chi connectivity index (χ2v) is 6.85. The van der Waals surface area contributed by atoms with Gasteiger partial charge in [0.1, 0.15) is 11.9 Å². The van der Waals surface area contributed by atoms with Gasteiger partial charge in [0.15, 0.2) is 0 Å². The van der Waals surface area contributed by atoms with Crippen LogP contribution >= 0.6 is 0 Å². The summed E-state index contributed by atoms with van der Waals surface area (Å²) in [4.78, 5) is 22.6. The first kappa shape index (κ1) is 20.7. The molecule has 0 bridgehead atoms. The van der Waals surface area contributed by atoms with Crippen LogP contribution in [0.25, 0.3) is 0 Å². The molecule has 2 atom stereocenters. The van der Waals surface area contributed by atoms with E-state index in [2.05, 4.69) is 15.4 Å². The molecule has 27 heavy (non-hydrogen) atoms. The van der Waals surface area contributed by atoms with E-state index in [1.54, 1.807) is 6.92 Å². The highest BCUT2D eigenvalue weighted by atomic mass is 19.4. The fraction of sp³-hybridized carbons (Fsp3) is 0.529. The lowest BCUT2D eigenvalue weighted by Gasteiger charge is -2.31. The number of benzene rings is 1. The van der Waals surface area contributed by atoms with Gasteiger partial charge in [-0.1, -0.05) is 6.92 Å². The van der Waals surface area contributed by atoms with Gasteiger partial charge < -0.3 is 19.9 Å². The van der Waals surface area contributed by atoms with Gasteiger partial charge in [-0.2, -0.15) is 13.2 Å². The normalized spacial score (nSPS) is 17.8. The maximum absolute atomic E-state index is 12.8. The highest BCUT2D eigenvalue weighted by Crippen LogP contribution is 2.35. The van der Waals surface area contributed by atoms with Gasteiger partial charge in [0.2, 0.25) is 5.60 Å². The third-order valence-electron chi connectivity index (χ3n) is 4.16. The summed E-state index contributed by atoms with van der Waals surface area (Å²) >= 11 is 0. The summed E-state index contributed by atoms with van der Waals surface area (Å²) in [6, 6.07) is 4.48. The fourth-order valence-corrected chi connectivity index (χ4v) is 2.42. The minimum absolute atomic E-state index is 0.0395. The Labute approximate surface area is 153 Å². The Morgan fingerprint density at radius 1 is 1.41 bits per heavy atom. The van der Waals surface area contributed by atoms with Gasteiger partial charge >= 0.3 is 18.2 Å². The molecule has 2 unspecified atom stereocenters. The Balaban J connectivity index is 2.01. The zero-order valence-electron chi connectivity index (χ0n) is 15.0. The first-order chi connectivity index (χ1) is 12.4. The highest BCUT2D eigenvalue weighted by molar-refractivity contribution is 5.86. The summed E-state index contributed by atoms with van der Waals surface area (Å²) in [7, 11) is 0. The molecule has 3 N–H and O–H groups in total. The monoisotopic (exact) mass is 390 g/mol. The van der Waals surface area contributed by atoms with E-state index in [1.807, 2.05) is 0 Å². The molecule has 1 aromatic rings. The molecule has 1 heterocycles. The van der Waals surface area contributed by atoms with Gasteiger partial charge in [0, 0.05) is 11.6 Å². The molecule has 1 aliphatic rings. The van der Waals surface area contributed by atoms with Crippen LogP contribution in [-0.4, -0.2) is 41.6 Å². The summed E-state index contributed by atoms with van der Waals surface area (Å²) in [5, 5.41) is 14.2. The van der Waals surface area contributed by atoms with Crippen molar-refractivity contribution in [2.45, 2.75) is 45.1 Å². The van der Waals surface area contributed by atoms with Crippen molar-refractivity contribution >= 4 is 23.4 Å². The van der Waals surface area contributed by atoms with Crippen LogP contribution < -0.4 is 15.4 Å². The van der Waals surface area contributed by atoms with Crippen LogP contribution in [0.2, 0.25) is 0 Å². The lowest BCUT2D eigenvalue weighted by molar-refractivity contribution is -0.242. The Hall–Kier alpha value is -2.65. The molecule has 0 aliphatic carbocycles. The van der Waals surface area contributed by atoms with Crippen molar-refractivity contribution in [1.82, 2.24) is 0 Å². The summed E-state index contributed by atoms with van der Waals surface area (Å²) in [5.74, 6) is -0.685. The Morgan fingerprint density at radius 2 is 2.07 bits per heavy atom. The van der Waals surface area contributed by atoms with E-state index >= 15 is 0 Å². The molecule has 7 nitrogen and oxygen atoms in total. The number of aliphatic carboxylic acids is 1. The van der Waals surface area contributed by atoms with Crippen LogP contribution in [0.3, 0.4) is 0 Å². The van der Waals surface area contributed by atoms with E-state index in [0.29, 0.717) is 18.0 Å². The summed E-state index contributed by atoms with van der Waals surface area (Å²) in [5.41, 5.74) is -1.87. The van der Waals surface area contributed by atoms with Gasteiger partial charge in [0.25, 0.3) is 0 Å². The quantitative estimate of drug-likeness (QED) is 0.707. The van der Waals surface area contributed by atoms with Crippen molar-refractivity contribution < 1.29 is 37.3 Å². The Kier molecular flexibility index (Phi) is 5.76. The number of nitrogens with one attached hydrogen (secondary N) is 2. The van der Waals surface area contributed by atoms with E-state index in [9.17, 15) is 22.8 Å². The van der Waals surface area contributed by atoms with E-state index in [0.717, 1.165) is 13.8 Å². The van der Waals surface area contributed by atoms with Crippen LogP contribution in [0.1, 0.15) is 27.2 Å². The maximum atomic E-state index is 12.8. The first-order valence-electron chi connectivity index (χ1n) is 8.22. The zero-order chi connectivity index (χ0) is 20.4. The Morgan fingerprint density at radius 3 is 2.67 bits per heavy atom. The largest absolute Gasteiger partial charge is 0.486 e. The number of alkyl halides is 3. The molecule has 1 amide bonds. The Bertz CT molecular complexity index is 721. The second kappa shape index (κ2) is 7.53. The van der Waals surface area contributed by atoms with Crippen LogP contribution in [-0.2, 0) is 9.53 Å². The van der Waals surface area contributed by atoms with E-state index in [1.165, 1.54) is 18.2 Å². The highest BCUT2D eigenvalue weighted by Gasteiger charge is 2.51. The standard InChI is InChI=1S/C17H21F3N2O5/c1-9(6-14(23)24)13-8-21-11-7-10(4-5-12(11)26-13)22-15(25)27-16(2,3)17(18,19)20/h4-5,7,9,13,21H,6,8H2,1-3H3,(H,22,25)(H,23,24). The zero-order valence-corrected chi connectivity index (χ0v) is 15.0. The topological polar surface area (TPSA) is 96.9 Å². The smallest absolute Gasteiger partial charge is 0.427 e. The van der Waals surface area contributed by atoms with Gasteiger partial charge in [-0.25, -0.2) is 4.79 Å². The van der Waals surface area contributed by atoms with E-state index in [-0.39, 0.29) is 24.1 Å². The number of carbonyl (C=O) groups excluding carboxylic acids is 1. The molecule has 1 aliphatic heterocycles. The molecule has 2 rings (SSSR count). The van der Waals surface area contributed by atoms with Gasteiger partial charge in [-0.3, -0.25) is 10.1 Å². The second-order valence-electron chi connectivity index (χ2n) is 6.85. The molecule has 0 radical (unpaired) electrons. The average molecular weight is 390 g/mol. The predicted octanol–water partition coefficient (Wildman–Crippen LogP) is 3.86. The molecule has 0 aromatic heterocycles. The lowest BCUT2D eigenvalue weighted by Crippen LogP contribution is -2.44. The molecule has 10 heteroatoms. The summed E-state index contributed by atoms with van der Waals surface area (Å²) < 4.78 is 48.5. The SMILES string of the molecule is CC(CC(=O)O)C1CNc2cc(NC(=O)OC(C)(C)C(F)(F)F)ccc2O1. The van der Waals surface area contributed by atoms with E-state index < -0.39 is 23.8 Å². The van der Waals surface area contributed by atoms with Gasteiger partial charge in [0.05, 0.1) is 18.7 Å². The van der Waals surface area contributed by atoms with Crippen molar-refractivity contribution in [3.8, 4) is 5.75 Å². The maximum Gasteiger partial charge on any atom is 0.427 e. The van der Waals surface area contributed by atoms with Crippen molar-refractivity contribution in [2.24, 2.45) is 5.92 Å². The number of carboxylic acid groups (broad SMARTS) is 1. The molecular weight excluding hydrogens is 369 g/mol. The molecule has 0 saturated heterocycles. The number of carbonyl (C=O) groups is 2. The van der Waals surface area contributed by atoms with Crippen molar-refractivity contribution in [3.63, 3.8) is 0 Å². The van der Waals surface area contributed by atoms with Crippen molar-refractivity contribution in [1.29, 1.82) is 0 Å². The molecule has 0 spiro atoms. The van der Waals surface area contributed by atoms with Gasteiger partial charge in [-0.15, -0.1) is 0 Å². The van der Waals surface area contributed by atoms with Crippen LogP contribution in [0.15, 0.2) is 18.2 Å². The summed E-state index contributed by atoms with van der Waals surface area (Å²) in [6.45, 7) is 3.64. The number of amides is 1. The lowest BCUT2D eigenvalue weighted by atomic mass is 9.99. The number of hydrogen-bond acceptors (Lipinski definition) is 5. The van der Waals surface area contributed by atoms with Crippen molar-refractivity contribution in [2.75, 3.05) is 17.2 Å². The number of carboxylic acids is 1. The number of anilines is 2. The molecule has 150 valence electrons.